The van der Waals surface area contributed by atoms with Crippen LogP contribution in [0.4, 0.5) is 14.5 Å². The fourth-order valence-electron chi connectivity index (χ4n) is 3.50. The number of halogens is 2. The van der Waals surface area contributed by atoms with Crippen molar-refractivity contribution in [1.29, 1.82) is 0 Å². The van der Waals surface area contributed by atoms with Crippen molar-refractivity contribution in [2.75, 3.05) is 10.7 Å². The van der Waals surface area contributed by atoms with Gasteiger partial charge in [0.2, 0.25) is 0 Å². The smallest absolute Gasteiger partial charge is 0.387 e. The van der Waals surface area contributed by atoms with Crippen LogP contribution >= 0.6 is 24.0 Å². The van der Waals surface area contributed by atoms with Crippen LogP contribution in [0.1, 0.15) is 22.1 Å². The highest BCUT2D eigenvalue weighted by Crippen LogP contribution is 2.47. The lowest BCUT2D eigenvalue weighted by Crippen LogP contribution is -2.34. The zero-order valence-corrected chi connectivity index (χ0v) is 16.9. The molecule has 2 saturated heterocycles. The van der Waals surface area contributed by atoms with Crippen LogP contribution in [-0.4, -0.2) is 34.3 Å². The van der Waals surface area contributed by atoms with Crippen LogP contribution in [0.25, 0.3) is 0 Å². The molecule has 0 aromatic heterocycles. The summed E-state index contributed by atoms with van der Waals surface area (Å²) in [7, 11) is 0. The average molecular weight is 421 g/mol. The molecule has 1 amide bonds. The Morgan fingerprint density at radius 1 is 1.14 bits per heavy atom. The number of benzene rings is 2. The van der Waals surface area contributed by atoms with Crippen LogP contribution in [0.3, 0.4) is 0 Å². The Kier molecular flexibility index (Phi) is 5.01. The Hall–Kier alpha value is -2.19. The molecule has 0 radical (unpaired) electrons. The van der Waals surface area contributed by atoms with Gasteiger partial charge in [-0.15, -0.1) is 11.8 Å². The second-order valence-electron chi connectivity index (χ2n) is 6.83. The second kappa shape index (κ2) is 7.33. The average Bonchev–Trinajstić information content (AvgIpc) is 3.18. The molecule has 146 valence electrons. The number of alkyl halides is 2. The Morgan fingerprint density at radius 3 is 2.50 bits per heavy atom. The Morgan fingerprint density at radius 2 is 1.82 bits per heavy atom. The largest absolute Gasteiger partial charge is 0.433 e. The summed E-state index contributed by atoms with van der Waals surface area (Å²) < 4.78 is 30.4. The van der Waals surface area contributed by atoms with Gasteiger partial charge in [0.15, 0.2) is 5.11 Å². The summed E-state index contributed by atoms with van der Waals surface area (Å²) in [6.45, 7) is 0.858. The molecule has 2 aliphatic heterocycles. The molecule has 0 spiro atoms. The molecule has 2 heterocycles. The number of hydrogen-bond donors (Lipinski definition) is 0. The zero-order valence-electron chi connectivity index (χ0n) is 15.3. The number of thioether (sulfide) groups is 1. The fourth-order valence-corrected chi connectivity index (χ4v) is 5.41. The maximum atomic E-state index is 13.1. The highest BCUT2D eigenvalue weighted by Gasteiger charge is 2.51. The SMILES string of the molecule is Cc1ccc([C@@H]2SC[C@@H]3C(=O)N(c4cc(C)ccc4OC(F)F)C(=S)N32)cc1. The Balaban J connectivity index is 1.71. The van der Waals surface area contributed by atoms with Crippen molar-refractivity contribution in [2.45, 2.75) is 31.9 Å². The van der Waals surface area contributed by atoms with E-state index in [-0.39, 0.29) is 22.7 Å². The van der Waals surface area contributed by atoms with Crippen LogP contribution in [0.5, 0.6) is 5.75 Å². The first-order valence-electron chi connectivity index (χ1n) is 8.76. The first-order chi connectivity index (χ1) is 13.4. The molecule has 0 N–H and O–H groups in total. The fraction of sp³-hybridized carbons (Fsp3) is 0.300. The van der Waals surface area contributed by atoms with Crippen LogP contribution in [0.15, 0.2) is 42.5 Å². The number of fused-ring (bicyclic) bond motifs is 1. The number of nitrogens with zero attached hydrogens (tertiary/aromatic N) is 2. The topological polar surface area (TPSA) is 32.8 Å². The van der Waals surface area contributed by atoms with E-state index in [1.807, 2.05) is 43.0 Å². The molecule has 4 rings (SSSR count). The van der Waals surface area contributed by atoms with Crippen molar-refractivity contribution in [3.05, 3.63) is 59.2 Å². The predicted octanol–water partition coefficient (Wildman–Crippen LogP) is 4.65. The first-order valence-corrected chi connectivity index (χ1v) is 10.2. The van der Waals surface area contributed by atoms with E-state index in [1.165, 1.54) is 11.0 Å². The van der Waals surface area contributed by atoms with Gasteiger partial charge >= 0.3 is 6.61 Å². The van der Waals surface area contributed by atoms with E-state index >= 15 is 0 Å². The molecule has 0 unspecified atom stereocenters. The summed E-state index contributed by atoms with van der Waals surface area (Å²) in [6, 6.07) is 12.5. The van der Waals surface area contributed by atoms with Gasteiger partial charge in [0.05, 0.1) is 5.69 Å². The van der Waals surface area contributed by atoms with Gasteiger partial charge in [-0.3, -0.25) is 9.69 Å². The van der Waals surface area contributed by atoms with Crippen LogP contribution in [0, 0.1) is 13.8 Å². The van der Waals surface area contributed by atoms with Crippen molar-refractivity contribution in [3.8, 4) is 5.75 Å². The standard InChI is InChI=1S/C20H18F2N2O2S2/c1-11-3-6-13(7-4-11)18-24-15(10-28-18)17(25)23(20(24)27)14-9-12(2)5-8-16(14)26-19(21)22/h3-9,15,18-19H,10H2,1-2H3/t15-,18+/m1/s1. The number of hydrogen-bond acceptors (Lipinski definition) is 4. The lowest BCUT2D eigenvalue weighted by Gasteiger charge is -2.26. The summed E-state index contributed by atoms with van der Waals surface area (Å²) in [4.78, 5) is 16.4. The molecular weight excluding hydrogens is 402 g/mol. The van der Waals surface area contributed by atoms with Gasteiger partial charge in [-0.1, -0.05) is 35.9 Å². The summed E-state index contributed by atoms with van der Waals surface area (Å²) in [6.07, 6.45) is 0. The molecule has 0 bridgehead atoms. The van der Waals surface area contributed by atoms with Crippen LogP contribution < -0.4 is 9.64 Å². The van der Waals surface area contributed by atoms with Gasteiger partial charge in [-0.05, 0) is 49.3 Å². The van der Waals surface area contributed by atoms with E-state index in [9.17, 15) is 13.6 Å². The molecular formula is C20H18F2N2O2S2. The molecule has 2 aliphatic rings. The molecule has 0 saturated carbocycles. The normalized spacial score (nSPS) is 21.6. The molecule has 4 nitrogen and oxygen atoms in total. The predicted molar refractivity (Wildman–Crippen MR) is 110 cm³/mol. The number of carbonyl (C=O) groups excluding carboxylic acids is 1. The van der Waals surface area contributed by atoms with Gasteiger partial charge < -0.3 is 9.64 Å². The number of aryl methyl sites for hydroxylation is 2. The van der Waals surface area contributed by atoms with Gasteiger partial charge in [-0.2, -0.15) is 8.78 Å². The van der Waals surface area contributed by atoms with Gasteiger partial charge in [0.25, 0.3) is 5.91 Å². The van der Waals surface area contributed by atoms with E-state index in [2.05, 4.69) is 4.74 Å². The lowest BCUT2D eigenvalue weighted by molar-refractivity contribution is -0.119. The second-order valence-corrected chi connectivity index (χ2v) is 8.30. The van der Waals surface area contributed by atoms with Gasteiger partial charge in [0.1, 0.15) is 17.2 Å². The van der Waals surface area contributed by atoms with Crippen molar-refractivity contribution in [2.24, 2.45) is 0 Å². The summed E-state index contributed by atoms with van der Waals surface area (Å²) >= 11 is 7.29. The van der Waals surface area contributed by atoms with Crippen LogP contribution in [0.2, 0.25) is 0 Å². The number of ether oxygens (including phenoxy) is 1. The number of anilines is 1. The molecule has 28 heavy (non-hydrogen) atoms. The minimum atomic E-state index is -2.98. The van der Waals surface area contributed by atoms with E-state index in [0.29, 0.717) is 10.9 Å². The summed E-state index contributed by atoms with van der Waals surface area (Å²) in [5, 5.41) is 0.228. The third-order valence-electron chi connectivity index (χ3n) is 4.85. The Bertz CT molecular complexity index is 936. The van der Waals surface area contributed by atoms with E-state index in [4.69, 9.17) is 12.2 Å². The van der Waals surface area contributed by atoms with E-state index < -0.39 is 12.7 Å². The number of amides is 1. The highest BCUT2D eigenvalue weighted by atomic mass is 32.2. The number of rotatable bonds is 4. The van der Waals surface area contributed by atoms with Crippen molar-refractivity contribution < 1.29 is 18.3 Å². The van der Waals surface area contributed by atoms with E-state index in [0.717, 1.165) is 16.7 Å². The number of carbonyl (C=O) groups is 1. The molecule has 2 fully saturated rings. The van der Waals surface area contributed by atoms with Crippen molar-refractivity contribution in [3.63, 3.8) is 0 Å². The van der Waals surface area contributed by atoms with E-state index in [1.54, 1.807) is 23.9 Å². The number of thiocarbonyl (C=S) groups is 1. The molecule has 2 aromatic rings. The monoisotopic (exact) mass is 420 g/mol. The lowest BCUT2D eigenvalue weighted by atomic mass is 10.1. The minimum Gasteiger partial charge on any atom is -0.433 e. The summed E-state index contributed by atoms with van der Waals surface area (Å²) in [5.74, 6) is 0.319. The van der Waals surface area contributed by atoms with Crippen molar-refractivity contribution in [1.82, 2.24) is 4.90 Å². The minimum absolute atomic E-state index is 0.0583. The maximum Gasteiger partial charge on any atom is 0.387 e. The molecule has 8 heteroatoms. The van der Waals surface area contributed by atoms with Gasteiger partial charge in [-0.25, -0.2) is 0 Å². The third-order valence-corrected chi connectivity index (χ3v) is 6.57. The quantitative estimate of drug-likeness (QED) is 0.673. The molecule has 2 atom stereocenters. The van der Waals surface area contributed by atoms with Gasteiger partial charge in [0, 0.05) is 5.75 Å². The van der Waals surface area contributed by atoms with Crippen molar-refractivity contribution >= 4 is 40.7 Å². The molecule has 2 aromatic carbocycles. The van der Waals surface area contributed by atoms with Crippen LogP contribution in [-0.2, 0) is 4.79 Å². The third kappa shape index (κ3) is 3.24. The molecule has 0 aliphatic carbocycles. The highest BCUT2D eigenvalue weighted by molar-refractivity contribution is 7.99. The Labute approximate surface area is 171 Å². The maximum absolute atomic E-state index is 13.1. The zero-order chi connectivity index (χ0) is 20.0. The summed E-state index contributed by atoms with van der Waals surface area (Å²) in [5.41, 5.74) is 3.29. The first kappa shape index (κ1) is 19.1.